The maximum absolute atomic E-state index is 10.4. The van der Waals surface area contributed by atoms with E-state index in [9.17, 15) is 4.79 Å². The summed E-state index contributed by atoms with van der Waals surface area (Å²) in [5, 5.41) is 3.29. The summed E-state index contributed by atoms with van der Waals surface area (Å²) in [4.78, 5) is 10.4. The molecule has 0 aromatic heterocycles. The normalized spacial score (nSPS) is 26.8. The molecule has 1 aliphatic rings. The second-order valence-electron chi connectivity index (χ2n) is 3.47. The summed E-state index contributed by atoms with van der Waals surface area (Å²) < 4.78 is 0. The zero-order valence-electron chi connectivity index (χ0n) is 6.61. The van der Waals surface area contributed by atoms with Crippen LogP contribution in [0.2, 0.25) is 0 Å². The van der Waals surface area contributed by atoms with E-state index in [1.807, 2.05) is 13.8 Å². The predicted molar refractivity (Wildman–Crippen MR) is 40.5 cm³/mol. The molecule has 1 rings (SSSR count). The minimum Gasteiger partial charge on any atom is -0.313 e. The van der Waals surface area contributed by atoms with E-state index in [-0.39, 0.29) is 5.41 Å². The molecular formula is C8H14NO. The average Bonchev–Trinajstić information content (AvgIpc) is 2.38. The van der Waals surface area contributed by atoms with Crippen LogP contribution in [0, 0.1) is 5.41 Å². The van der Waals surface area contributed by atoms with Gasteiger partial charge in [0.25, 0.3) is 0 Å². The van der Waals surface area contributed by atoms with Gasteiger partial charge in [0.15, 0.2) is 0 Å². The van der Waals surface area contributed by atoms with Crippen LogP contribution < -0.4 is 5.32 Å². The molecule has 1 heterocycles. The molecule has 1 radical (unpaired) electrons. The molecule has 0 aromatic carbocycles. The topological polar surface area (TPSA) is 29.1 Å². The quantitative estimate of drug-likeness (QED) is 0.616. The van der Waals surface area contributed by atoms with Crippen LogP contribution in [0.4, 0.5) is 0 Å². The van der Waals surface area contributed by atoms with Gasteiger partial charge in [0.05, 0.1) is 0 Å². The van der Waals surface area contributed by atoms with Crippen LogP contribution in [0.3, 0.4) is 0 Å². The SMILES string of the molecule is CC(C)([C]=O)C1CCCN1. The highest BCUT2D eigenvalue weighted by molar-refractivity contribution is 5.60. The van der Waals surface area contributed by atoms with Gasteiger partial charge < -0.3 is 5.32 Å². The van der Waals surface area contributed by atoms with Crippen molar-refractivity contribution in [1.29, 1.82) is 0 Å². The van der Waals surface area contributed by atoms with Crippen molar-refractivity contribution in [2.45, 2.75) is 32.7 Å². The summed E-state index contributed by atoms with van der Waals surface area (Å²) in [6, 6.07) is 0.352. The average molecular weight is 140 g/mol. The Morgan fingerprint density at radius 3 is 2.70 bits per heavy atom. The van der Waals surface area contributed by atoms with E-state index in [4.69, 9.17) is 0 Å². The first-order valence-electron chi connectivity index (χ1n) is 3.79. The van der Waals surface area contributed by atoms with Gasteiger partial charge >= 0.3 is 0 Å². The van der Waals surface area contributed by atoms with E-state index < -0.39 is 0 Å². The van der Waals surface area contributed by atoms with Gasteiger partial charge in [0.1, 0.15) is 0 Å². The fourth-order valence-corrected chi connectivity index (χ4v) is 1.37. The van der Waals surface area contributed by atoms with Gasteiger partial charge in [0.2, 0.25) is 6.29 Å². The fourth-order valence-electron chi connectivity index (χ4n) is 1.37. The highest BCUT2D eigenvalue weighted by atomic mass is 16.1. The lowest BCUT2D eigenvalue weighted by molar-refractivity contribution is 0.349. The number of hydrogen-bond acceptors (Lipinski definition) is 2. The maximum Gasteiger partial charge on any atom is 0.206 e. The first-order valence-corrected chi connectivity index (χ1v) is 3.79. The van der Waals surface area contributed by atoms with Crippen LogP contribution in [0.25, 0.3) is 0 Å². The molecule has 0 spiro atoms. The van der Waals surface area contributed by atoms with Crippen molar-refractivity contribution in [3.63, 3.8) is 0 Å². The van der Waals surface area contributed by atoms with Crippen molar-refractivity contribution < 1.29 is 4.79 Å². The highest BCUT2D eigenvalue weighted by Crippen LogP contribution is 2.24. The number of carbonyl (C=O) groups excluding carboxylic acids is 1. The van der Waals surface area contributed by atoms with Crippen LogP contribution in [-0.2, 0) is 4.79 Å². The van der Waals surface area contributed by atoms with E-state index >= 15 is 0 Å². The summed E-state index contributed by atoms with van der Waals surface area (Å²) in [7, 11) is 0. The van der Waals surface area contributed by atoms with Crippen LogP contribution in [0.1, 0.15) is 26.7 Å². The largest absolute Gasteiger partial charge is 0.313 e. The van der Waals surface area contributed by atoms with Crippen molar-refractivity contribution in [1.82, 2.24) is 5.32 Å². The Bertz CT molecular complexity index is 125. The molecule has 0 bridgehead atoms. The number of nitrogens with one attached hydrogen (secondary N) is 1. The zero-order valence-corrected chi connectivity index (χ0v) is 6.61. The summed E-state index contributed by atoms with van der Waals surface area (Å²) in [6.45, 7) is 4.92. The smallest absolute Gasteiger partial charge is 0.206 e. The summed E-state index contributed by atoms with van der Waals surface area (Å²) in [5.74, 6) is 0. The van der Waals surface area contributed by atoms with Gasteiger partial charge in [-0.25, -0.2) is 0 Å². The third-order valence-corrected chi connectivity index (χ3v) is 2.19. The molecule has 0 amide bonds. The minimum atomic E-state index is -0.295. The fraction of sp³-hybridized carbons (Fsp3) is 0.875. The molecule has 0 saturated carbocycles. The van der Waals surface area contributed by atoms with Gasteiger partial charge in [-0.15, -0.1) is 0 Å². The molecular weight excluding hydrogens is 126 g/mol. The predicted octanol–water partition coefficient (Wildman–Crippen LogP) is 0.874. The molecule has 2 heteroatoms. The van der Waals surface area contributed by atoms with Crippen molar-refractivity contribution in [3.05, 3.63) is 0 Å². The lowest BCUT2D eigenvalue weighted by atomic mass is 9.85. The van der Waals surface area contributed by atoms with E-state index in [0.29, 0.717) is 6.04 Å². The first kappa shape index (κ1) is 7.73. The molecule has 1 unspecified atom stereocenters. The van der Waals surface area contributed by atoms with Crippen LogP contribution in [-0.4, -0.2) is 18.9 Å². The number of rotatable bonds is 2. The minimum absolute atomic E-state index is 0.295. The van der Waals surface area contributed by atoms with Crippen molar-refractivity contribution in [3.8, 4) is 0 Å². The lowest BCUT2D eigenvalue weighted by Gasteiger charge is -2.23. The second-order valence-corrected chi connectivity index (χ2v) is 3.47. The molecule has 1 fully saturated rings. The van der Waals surface area contributed by atoms with Crippen LogP contribution >= 0.6 is 0 Å². The second kappa shape index (κ2) is 2.70. The van der Waals surface area contributed by atoms with E-state index in [1.165, 1.54) is 6.42 Å². The van der Waals surface area contributed by atoms with Crippen molar-refractivity contribution in [2.24, 2.45) is 5.41 Å². The third-order valence-electron chi connectivity index (χ3n) is 2.19. The molecule has 0 aliphatic carbocycles. The van der Waals surface area contributed by atoms with Gasteiger partial charge in [0, 0.05) is 11.5 Å². The Balaban J connectivity index is 2.53. The van der Waals surface area contributed by atoms with Gasteiger partial charge in [-0.1, -0.05) is 13.8 Å². The lowest BCUT2D eigenvalue weighted by Crippen LogP contribution is -2.38. The summed E-state index contributed by atoms with van der Waals surface area (Å²) in [5.41, 5.74) is -0.295. The van der Waals surface area contributed by atoms with E-state index in [2.05, 4.69) is 11.6 Å². The highest BCUT2D eigenvalue weighted by Gasteiger charge is 2.31. The third kappa shape index (κ3) is 1.37. The molecule has 0 aromatic rings. The molecule has 1 saturated heterocycles. The molecule has 1 aliphatic heterocycles. The molecule has 10 heavy (non-hydrogen) atoms. The van der Waals surface area contributed by atoms with Gasteiger partial charge in [-0.05, 0) is 19.4 Å². The zero-order chi connectivity index (χ0) is 7.61. The molecule has 1 N–H and O–H groups in total. The summed E-state index contributed by atoms with van der Waals surface area (Å²) >= 11 is 0. The number of hydrogen-bond donors (Lipinski definition) is 1. The van der Waals surface area contributed by atoms with Crippen LogP contribution in [0.15, 0.2) is 0 Å². The monoisotopic (exact) mass is 140 g/mol. The standard InChI is InChI=1S/C8H14NO/c1-8(2,6-10)7-4-3-5-9-7/h7,9H,3-5H2,1-2H3. The van der Waals surface area contributed by atoms with E-state index in [1.54, 1.807) is 0 Å². The van der Waals surface area contributed by atoms with Gasteiger partial charge in [-0.3, -0.25) is 4.79 Å². The Hall–Kier alpha value is -0.370. The first-order chi connectivity index (χ1) is 4.67. The van der Waals surface area contributed by atoms with Crippen LogP contribution in [0.5, 0.6) is 0 Å². The van der Waals surface area contributed by atoms with Gasteiger partial charge in [-0.2, -0.15) is 0 Å². The molecule has 1 atom stereocenters. The molecule has 57 valence electrons. The Morgan fingerprint density at radius 2 is 2.30 bits per heavy atom. The van der Waals surface area contributed by atoms with E-state index in [0.717, 1.165) is 13.0 Å². The maximum atomic E-state index is 10.4. The van der Waals surface area contributed by atoms with Crippen molar-refractivity contribution in [2.75, 3.05) is 6.54 Å². The molecule has 2 nitrogen and oxygen atoms in total. The Kier molecular flexibility index (Phi) is 2.09. The Morgan fingerprint density at radius 1 is 1.60 bits per heavy atom. The summed E-state index contributed by atoms with van der Waals surface area (Å²) in [6.07, 6.45) is 4.37. The van der Waals surface area contributed by atoms with Crippen molar-refractivity contribution >= 4 is 6.29 Å². The Labute approximate surface area is 62.0 Å².